The van der Waals surface area contributed by atoms with Crippen molar-refractivity contribution >= 4 is 11.8 Å². The van der Waals surface area contributed by atoms with Gasteiger partial charge in [-0.1, -0.05) is 11.8 Å². The SMILES string of the molecule is COCSc1cc(C#N)ccn1. The summed E-state index contributed by atoms with van der Waals surface area (Å²) in [5.41, 5.74) is 0.628. The normalized spacial score (nSPS) is 9.33. The number of aromatic nitrogens is 1. The molecule has 1 rings (SSSR count). The molecule has 1 heterocycles. The number of methoxy groups -OCH3 is 1. The molecule has 0 spiro atoms. The molecule has 1 aromatic heterocycles. The summed E-state index contributed by atoms with van der Waals surface area (Å²) in [6.07, 6.45) is 1.62. The molecule has 0 N–H and O–H groups in total. The summed E-state index contributed by atoms with van der Waals surface area (Å²) in [5.74, 6) is 0.557. The van der Waals surface area contributed by atoms with Gasteiger partial charge in [0.15, 0.2) is 0 Å². The second-order valence-corrected chi connectivity index (χ2v) is 2.99. The van der Waals surface area contributed by atoms with Crippen molar-refractivity contribution in [1.29, 1.82) is 5.26 Å². The third kappa shape index (κ3) is 2.53. The van der Waals surface area contributed by atoms with Crippen molar-refractivity contribution in [3.63, 3.8) is 0 Å². The highest BCUT2D eigenvalue weighted by atomic mass is 32.2. The summed E-state index contributed by atoms with van der Waals surface area (Å²) in [4.78, 5) is 4.06. The van der Waals surface area contributed by atoms with Crippen molar-refractivity contribution < 1.29 is 4.74 Å². The summed E-state index contributed by atoms with van der Waals surface area (Å²) in [6, 6.07) is 5.47. The van der Waals surface area contributed by atoms with Gasteiger partial charge in [0.1, 0.15) is 0 Å². The fourth-order valence-electron chi connectivity index (χ4n) is 0.677. The van der Waals surface area contributed by atoms with Gasteiger partial charge in [-0.05, 0) is 12.1 Å². The lowest BCUT2D eigenvalue weighted by Gasteiger charge is -1.97. The molecule has 0 aromatic carbocycles. The number of hydrogen-bond acceptors (Lipinski definition) is 4. The van der Waals surface area contributed by atoms with Gasteiger partial charge in [-0.25, -0.2) is 4.98 Å². The quantitative estimate of drug-likeness (QED) is 0.524. The van der Waals surface area contributed by atoms with Gasteiger partial charge in [0.25, 0.3) is 0 Å². The van der Waals surface area contributed by atoms with Crippen LogP contribution in [0.2, 0.25) is 0 Å². The zero-order valence-corrected chi connectivity index (χ0v) is 7.47. The standard InChI is InChI=1S/C8H8N2OS/c1-11-6-12-8-4-7(5-9)2-3-10-8/h2-4H,6H2,1H3. The van der Waals surface area contributed by atoms with Gasteiger partial charge in [0, 0.05) is 13.3 Å². The van der Waals surface area contributed by atoms with Gasteiger partial charge in [-0.15, -0.1) is 0 Å². The first-order valence-electron chi connectivity index (χ1n) is 3.34. The van der Waals surface area contributed by atoms with Crippen LogP contribution in [0.5, 0.6) is 0 Å². The highest BCUT2D eigenvalue weighted by Crippen LogP contribution is 2.15. The summed E-state index contributed by atoms with van der Waals surface area (Å²) >= 11 is 1.47. The third-order valence-electron chi connectivity index (χ3n) is 1.19. The van der Waals surface area contributed by atoms with Crippen LogP contribution in [0.25, 0.3) is 0 Å². The minimum Gasteiger partial charge on any atom is -0.374 e. The first kappa shape index (κ1) is 9.04. The molecular weight excluding hydrogens is 172 g/mol. The number of pyridine rings is 1. The monoisotopic (exact) mass is 180 g/mol. The summed E-state index contributed by atoms with van der Waals surface area (Å²) < 4.78 is 4.86. The summed E-state index contributed by atoms with van der Waals surface area (Å²) in [5, 5.41) is 9.38. The van der Waals surface area contributed by atoms with Gasteiger partial charge in [0.05, 0.1) is 22.6 Å². The molecule has 0 saturated heterocycles. The zero-order chi connectivity index (χ0) is 8.81. The van der Waals surface area contributed by atoms with E-state index in [-0.39, 0.29) is 0 Å². The smallest absolute Gasteiger partial charge is 0.0995 e. The Morgan fingerprint density at radius 3 is 3.25 bits per heavy atom. The second-order valence-electron chi connectivity index (χ2n) is 2.05. The predicted molar refractivity (Wildman–Crippen MR) is 46.7 cm³/mol. The largest absolute Gasteiger partial charge is 0.374 e. The van der Waals surface area contributed by atoms with E-state index in [0.29, 0.717) is 11.5 Å². The first-order chi connectivity index (χ1) is 5.86. The highest BCUT2D eigenvalue weighted by Gasteiger charge is 1.95. The number of nitriles is 1. The topological polar surface area (TPSA) is 45.9 Å². The van der Waals surface area contributed by atoms with Crippen LogP contribution in [-0.2, 0) is 4.74 Å². The first-order valence-corrected chi connectivity index (χ1v) is 4.33. The maximum atomic E-state index is 8.57. The molecule has 0 saturated carbocycles. The summed E-state index contributed by atoms with van der Waals surface area (Å²) in [7, 11) is 1.63. The molecule has 0 bridgehead atoms. The molecule has 1 aromatic rings. The third-order valence-corrected chi connectivity index (χ3v) is 2.06. The van der Waals surface area contributed by atoms with E-state index in [2.05, 4.69) is 4.98 Å². The van der Waals surface area contributed by atoms with E-state index in [1.165, 1.54) is 11.8 Å². The lowest BCUT2D eigenvalue weighted by Crippen LogP contribution is -1.85. The Balaban J connectivity index is 2.68. The van der Waals surface area contributed by atoms with Crippen LogP contribution >= 0.6 is 11.8 Å². The van der Waals surface area contributed by atoms with E-state index in [1.807, 2.05) is 6.07 Å². The fraction of sp³-hybridized carbons (Fsp3) is 0.250. The van der Waals surface area contributed by atoms with Gasteiger partial charge >= 0.3 is 0 Å². The summed E-state index contributed by atoms with van der Waals surface area (Å²) in [6.45, 7) is 0. The highest BCUT2D eigenvalue weighted by molar-refractivity contribution is 7.99. The van der Waals surface area contributed by atoms with Crippen LogP contribution in [0, 0.1) is 11.3 Å². The Morgan fingerprint density at radius 1 is 1.75 bits per heavy atom. The van der Waals surface area contributed by atoms with Gasteiger partial charge in [0.2, 0.25) is 0 Å². The van der Waals surface area contributed by atoms with Crippen molar-refractivity contribution in [2.45, 2.75) is 5.03 Å². The number of nitrogens with zero attached hydrogens (tertiary/aromatic N) is 2. The average molecular weight is 180 g/mol. The van der Waals surface area contributed by atoms with Gasteiger partial charge < -0.3 is 4.74 Å². The Kier molecular flexibility index (Phi) is 3.58. The van der Waals surface area contributed by atoms with E-state index in [0.717, 1.165) is 5.03 Å². The minimum absolute atomic E-state index is 0.557. The fourth-order valence-corrected chi connectivity index (χ4v) is 1.26. The van der Waals surface area contributed by atoms with Crippen LogP contribution in [0.4, 0.5) is 0 Å². The molecule has 62 valence electrons. The molecule has 0 aliphatic rings. The van der Waals surface area contributed by atoms with Gasteiger partial charge in [-0.2, -0.15) is 5.26 Å². The van der Waals surface area contributed by atoms with Crippen LogP contribution in [0.15, 0.2) is 23.4 Å². The van der Waals surface area contributed by atoms with Gasteiger partial charge in [-0.3, -0.25) is 0 Å². The van der Waals surface area contributed by atoms with E-state index >= 15 is 0 Å². The number of ether oxygens (including phenoxy) is 1. The molecule has 0 radical (unpaired) electrons. The molecule has 0 amide bonds. The van der Waals surface area contributed by atoms with E-state index in [1.54, 1.807) is 25.4 Å². The molecule has 0 aliphatic carbocycles. The van der Waals surface area contributed by atoms with Crippen LogP contribution < -0.4 is 0 Å². The predicted octanol–water partition coefficient (Wildman–Crippen LogP) is 1.65. The maximum Gasteiger partial charge on any atom is 0.0995 e. The van der Waals surface area contributed by atoms with Crippen LogP contribution in [0.1, 0.15) is 5.56 Å². The zero-order valence-electron chi connectivity index (χ0n) is 6.65. The van der Waals surface area contributed by atoms with Crippen molar-refractivity contribution in [2.75, 3.05) is 13.0 Å². The molecule has 3 nitrogen and oxygen atoms in total. The van der Waals surface area contributed by atoms with Crippen molar-refractivity contribution in [2.24, 2.45) is 0 Å². The Bertz CT molecular complexity index is 295. The maximum absolute atomic E-state index is 8.57. The molecule has 0 atom stereocenters. The molecule has 0 fully saturated rings. The molecule has 0 aliphatic heterocycles. The molecule has 12 heavy (non-hydrogen) atoms. The lowest BCUT2D eigenvalue weighted by molar-refractivity contribution is 0.258. The minimum atomic E-state index is 0.557. The Hall–Kier alpha value is -1.05. The van der Waals surface area contributed by atoms with Crippen molar-refractivity contribution in [3.8, 4) is 6.07 Å². The Labute approximate surface area is 75.4 Å². The molecule has 0 unspecified atom stereocenters. The average Bonchev–Trinajstić information content (AvgIpc) is 2.15. The molecule has 4 heteroatoms. The number of rotatable bonds is 3. The molecular formula is C8H8N2OS. The van der Waals surface area contributed by atoms with Crippen LogP contribution in [0.3, 0.4) is 0 Å². The second kappa shape index (κ2) is 4.75. The number of thioether (sulfide) groups is 1. The van der Waals surface area contributed by atoms with E-state index < -0.39 is 0 Å². The van der Waals surface area contributed by atoms with E-state index in [4.69, 9.17) is 10.00 Å². The number of hydrogen-bond donors (Lipinski definition) is 0. The van der Waals surface area contributed by atoms with Crippen LogP contribution in [-0.4, -0.2) is 18.0 Å². The van der Waals surface area contributed by atoms with E-state index in [9.17, 15) is 0 Å². The van der Waals surface area contributed by atoms with Crippen molar-refractivity contribution in [1.82, 2.24) is 4.98 Å². The van der Waals surface area contributed by atoms with Crippen molar-refractivity contribution in [3.05, 3.63) is 23.9 Å². The Morgan fingerprint density at radius 2 is 2.58 bits per heavy atom. The lowest BCUT2D eigenvalue weighted by atomic mass is 10.3.